The molecule has 0 aromatic carbocycles. The van der Waals surface area contributed by atoms with Crippen LogP contribution in [0.4, 0.5) is 0 Å². The van der Waals surface area contributed by atoms with Crippen LogP contribution in [-0.4, -0.2) is 23.8 Å². The minimum Gasteiger partial charge on any atom is -0.360 e. The highest BCUT2D eigenvalue weighted by Gasteiger charge is 2.21. The van der Waals surface area contributed by atoms with Gasteiger partial charge in [-0.05, 0) is 25.8 Å². The van der Waals surface area contributed by atoms with E-state index in [9.17, 15) is 0 Å². The monoisotopic (exact) mass is 206 g/mol. The van der Waals surface area contributed by atoms with Gasteiger partial charge in [0.05, 0.1) is 0 Å². The molecule has 0 aromatic rings. The normalized spacial score (nSPS) is 20.3. The molecule has 0 aliphatic carbocycles. The van der Waals surface area contributed by atoms with Gasteiger partial charge in [-0.3, -0.25) is 0 Å². The minimum atomic E-state index is 0.444. The molecule has 0 saturated carbocycles. The molecule has 0 saturated heterocycles. The van der Waals surface area contributed by atoms with Gasteiger partial charge >= 0.3 is 0 Å². The molecule has 15 heavy (non-hydrogen) atoms. The van der Waals surface area contributed by atoms with Crippen LogP contribution in [0.3, 0.4) is 0 Å². The Morgan fingerprint density at radius 3 is 2.47 bits per heavy atom. The lowest BCUT2D eigenvalue weighted by atomic mass is 9.93. The molecular weight excluding hydrogens is 184 g/mol. The lowest BCUT2D eigenvalue weighted by Crippen LogP contribution is -2.37. The SMILES string of the molecule is CCN(CC)C1=NC=CC=CC1C(C)C. The van der Waals surface area contributed by atoms with Crippen LogP contribution in [0.2, 0.25) is 0 Å². The molecule has 0 amide bonds. The maximum absolute atomic E-state index is 4.57. The number of hydrogen-bond donors (Lipinski definition) is 0. The van der Waals surface area contributed by atoms with Crippen molar-refractivity contribution in [1.29, 1.82) is 0 Å². The number of hydrogen-bond acceptors (Lipinski definition) is 2. The van der Waals surface area contributed by atoms with E-state index in [1.165, 1.54) is 5.84 Å². The predicted octanol–water partition coefficient (Wildman–Crippen LogP) is 3.08. The molecule has 2 heteroatoms. The van der Waals surface area contributed by atoms with Crippen LogP contribution < -0.4 is 0 Å². The van der Waals surface area contributed by atoms with Gasteiger partial charge in [0.2, 0.25) is 0 Å². The van der Waals surface area contributed by atoms with Crippen LogP contribution in [0.15, 0.2) is 29.4 Å². The average Bonchev–Trinajstić information content (AvgIpc) is 2.45. The van der Waals surface area contributed by atoms with Gasteiger partial charge in [-0.1, -0.05) is 26.0 Å². The Morgan fingerprint density at radius 2 is 1.93 bits per heavy atom. The van der Waals surface area contributed by atoms with E-state index in [-0.39, 0.29) is 0 Å². The highest BCUT2D eigenvalue weighted by molar-refractivity contribution is 5.87. The maximum atomic E-state index is 4.57. The van der Waals surface area contributed by atoms with Crippen molar-refractivity contribution in [3.63, 3.8) is 0 Å². The molecule has 2 nitrogen and oxygen atoms in total. The van der Waals surface area contributed by atoms with Crippen molar-refractivity contribution in [1.82, 2.24) is 4.90 Å². The van der Waals surface area contributed by atoms with Crippen LogP contribution in [0, 0.1) is 11.8 Å². The third kappa shape index (κ3) is 2.95. The van der Waals surface area contributed by atoms with Crippen molar-refractivity contribution in [3.05, 3.63) is 24.4 Å². The van der Waals surface area contributed by atoms with Gasteiger partial charge in [0.25, 0.3) is 0 Å². The topological polar surface area (TPSA) is 15.6 Å². The van der Waals surface area contributed by atoms with Crippen molar-refractivity contribution in [2.75, 3.05) is 13.1 Å². The van der Waals surface area contributed by atoms with E-state index in [0.29, 0.717) is 11.8 Å². The first kappa shape index (κ1) is 12.0. The summed E-state index contributed by atoms with van der Waals surface area (Å²) in [5, 5.41) is 0. The zero-order chi connectivity index (χ0) is 11.3. The minimum absolute atomic E-state index is 0.444. The lowest BCUT2D eigenvalue weighted by Gasteiger charge is -2.29. The highest BCUT2D eigenvalue weighted by atomic mass is 15.2. The van der Waals surface area contributed by atoms with Crippen LogP contribution in [0.25, 0.3) is 0 Å². The van der Waals surface area contributed by atoms with E-state index in [4.69, 9.17) is 0 Å². The Bertz CT molecular complexity index is 270. The summed E-state index contributed by atoms with van der Waals surface area (Å²) in [6.45, 7) is 10.9. The third-order valence-electron chi connectivity index (χ3n) is 2.83. The molecule has 0 radical (unpaired) electrons. The number of amidine groups is 1. The zero-order valence-corrected chi connectivity index (χ0v) is 10.3. The molecule has 0 bridgehead atoms. The first-order chi connectivity index (χ1) is 7.20. The Labute approximate surface area is 93.4 Å². The first-order valence-corrected chi connectivity index (χ1v) is 5.86. The predicted molar refractivity (Wildman–Crippen MR) is 67.0 cm³/mol. The lowest BCUT2D eigenvalue weighted by molar-refractivity contribution is 0.419. The zero-order valence-electron chi connectivity index (χ0n) is 10.3. The standard InChI is InChI=1S/C13H22N2/c1-5-15(6-2)13-12(11(3)4)9-7-8-10-14-13/h7-12H,5-6H2,1-4H3. The largest absolute Gasteiger partial charge is 0.360 e. The van der Waals surface area contributed by atoms with Crippen molar-refractivity contribution < 1.29 is 0 Å². The molecule has 1 atom stereocenters. The molecule has 0 spiro atoms. The average molecular weight is 206 g/mol. The fourth-order valence-electron chi connectivity index (χ4n) is 1.89. The second kappa shape index (κ2) is 5.74. The molecule has 1 aliphatic rings. The van der Waals surface area contributed by atoms with Gasteiger partial charge in [0.1, 0.15) is 5.84 Å². The van der Waals surface area contributed by atoms with Gasteiger partial charge in [-0.15, -0.1) is 0 Å². The van der Waals surface area contributed by atoms with Crippen molar-refractivity contribution in [2.24, 2.45) is 16.8 Å². The summed E-state index contributed by atoms with van der Waals surface area (Å²) >= 11 is 0. The molecule has 0 fully saturated rings. The second-order valence-corrected chi connectivity index (χ2v) is 4.16. The molecule has 0 N–H and O–H groups in total. The number of aliphatic imine (C=N–C) groups is 1. The van der Waals surface area contributed by atoms with Crippen LogP contribution in [-0.2, 0) is 0 Å². The third-order valence-corrected chi connectivity index (χ3v) is 2.83. The van der Waals surface area contributed by atoms with Crippen molar-refractivity contribution in [3.8, 4) is 0 Å². The molecular formula is C13H22N2. The quantitative estimate of drug-likeness (QED) is 0.693. The van der Waals surface area contributed by atoms with E-state index < -0.39 is 0 Å². The van der Waals surface area contributed by atoms with Crippen LogP contribution in [0.5, 0.6) is 0 Å². The van der Waals surface area contributed by atoms with E-state index in [1.807, 2.05) is 12.3 Å². The van der Waals surface area contributed by atoms with E-state index in [2.05, 4.69) is 49.7 Å². The van der Waals surface area contributed by atoms with E-state index >= 15 is 0 Å². The fourth-order valence-corrected chi connectivity index (χ4v) is 1.89. The molecule has 1 rings (SSSR count). The number of nitrogens with zero attached hydrogens (tertiary/aromatic N) is 2. The molecule has 1 aliphatic heterocycles. The second-order valence-electron chi connectivity index (χ2n) is 4.16. The van der Waals surface area contributed by atoms with E-state index in [1.54, 1.807) is 0 Å². The Balaban J connectivity index is 2.93. The van der Waals surface area contributed by atoms with Gasteiger partial charge in [-0.2, -0.15) is 0 Å². The molecule has 84 valence electrons. The fraction of sp³-hybridized carbons (Fsp3) is 0.615. The van der Waals surface area contributed by atoms with Gasteiger partial charge in [0, 0.05) is 25.2 Å². The van der Waals surface area contributed by atoms with Crippen molar-refractivity contribution >= 4 is 5.84 Å². The van der Waals surface area contributed by atoms with Crippen LogP contribution in [0.1, 0.15) is 27.7 Å². The number of allylic oxidation sites excluding steroid dienone is 2. The summed E-state index contributed by atoms with van der Waals surface area (Å²) in [4.78, 5) is 6.91. The Hall–Kier alpha value is -1.05. The van der Waals surface area contributed by atoms with Crippen molar-refractivity contribution in [2.45, 2.75) is 27.7 Å². The van der Waals surface area contributed by atoms with Gasteiger partial charge in [-0.25, -0.2) is 4.99 Å². The summed E-state index contributed by atoms with van der Waals surface area (Å²) in [6, 6.07) is 0. The summed E-state index contributed by atoms with van der Waals surface area (Å²) in [5.41, 5.74) is 0. The Morgan fingerprint density at radius 1 is 1.27 bits per heavy atom. The summed E-state index contributed by atoms with van der Waals surface area (Å²) < 4.78 is 0. The summed E-state index contributed by atoms with van der Waals surface area (Å²) in [5.74, 6) is 2.25. The molecule has 0 aromatic heterocycles. The maximum Gasteiger partial charge on any atom is 0.111 e. The highest BCUT2D eigenvalue weighted by Crippen LogP contribution is 2.19. The van der Waals surface area contributed by atoms with Gasteiger partial charge < -0.3 is 4.90 Å². The van der Waals surface area contributed by atoms with E-state index in [0.717, 1.165) is 13.1 Å². The Kier molecular flexibility index (Phi) is 4.60. The van der Waals surface area contributed by atoms with Crippen LogP contribution >= 0.6 is 0 Å². The molecule has 1 heterocycles. The summed E-state index contributed by atoms with van der Waals surface area (Å²) in [7, 11) is 0. The summed E-state index contributed by atoms with van der Waals surface area (Å²) in [6.07, 6.45) is 8.26. The first-order valence-electron chi connectivity index (χ1n) is 5.86. The molecule has 1 unspecified atom stereocenters. The van der Waals surface area contributed by atoms with Gasteiger partial charge in [0.15, 0.2) is 0 Å². The smallest absolute Gasteiger partial charge is 0.111 e. The number of rotatable bonds is 3.